The minimum absolute atomic E-state index is 0. The van der Waals surface area contributed by atoms with E-state index in [0.717, 1.165) is 50.3 Å². The van der Waals surface area contributed by atoms with Gasteiger partial charge in [0.25, 0.3) is 10.1 Å². The standard InChI is InChI=1S/C26H20O6S2.C18H12.3C2H6.4Y/c27-31-32-33-25-15-11-23(12-16-25)21-7-3-19(4-8-21)1-2-20-5-9-22(10-6-20)24-13-17-26(18-14-24)34(28,29)30;1-3-7-15(8-4-1)17-11-13-18(14-12-17)16-9-5-2-6-10-16;3*1-2;;;;/h1-18,27H,(H,28,29,30);3-14H;3*1-2H3;;;;/q;-2;;;;;;;/b2-1+;;;;;;;;. The third-order valence-corrected chi connectivity index (χ3v) is 9.57. The van der Waals surface area contributed by atoms with Crippen LogP contribution in [0.5, 0.6) is 0 Å². The Morgan fingerprint density at radius 1 is 0.435 bits per heavy atom. The van der Waals surface area contributed by atoms with Gasteiger partial charge in [-0.3, -0.25) is 4.55 Å². The Hall–Kier alpha value is -1.16. The largest absolute Gasteiger partial charge is 0.294 e. The fourth-order valence-electron chi connectivity index (χ4n) is 5.36. The molecule has 2 N–H and O–H groups in total. The SMILES string of the molecule is CC.CC.CC.O=S(=O)(O)c1ccc(-c2ccc(/C=C/c3ccc(-c4ccc(SOOO)cc4)cc3)cc2)cc1.[Y].[Y].[Y].[Y].[c-]1ccc(-c2ccc(-c3cc[c-]cc3)cc2)cc1. The van der Waals surface area contributed by atoms with Gasteiger partial charge in [0.15, 0.2) is 0 Å². The molecule has 12 heteroatoms. The van der Waals surface area contributed by atoms with Gasteiger partial charge < -0.3 is 0 Å². The Morgan fingerprint density at radius 3 is 0.984 bits per heavy atom. The van der Waals surface area contributed by atoms with Gasteiger partial charge in [0.2, 0.25) is 0 Å². The molecule has 0 bridgehead atoms. The normalized spacial score (nSPS) is 9.68. The van der Waals surface area contributed by atoms with Gasteiger partial charge in [0.1, 0.15) is 0 Å². The summed E-state index contributed by atoms with van der Waals surface area (Å²) < 4.78 is 35.9. The first-order chi connectivity index (χ1) is 28.4. The Balaban J connectivity index is 0. The topological polar surface area (TPSA) is 93.1 Å². The Morgan fingerprint density at radius 2 is 0.694 bits per heavy atom. The van der Waals surface area contributed by atoms with Crippen LogP contribution in [0.15, 0.2) is 180 Å². The van der Waals surface area contributed by atoms with E-state index in [2.05, 4.69) is 82.2 Å². The first-order valence-electron chi connectivity index (χ1n) is 19.1. The van der Waals surface area contributed by atoms with Crippen molar-refractivity contribution in [1.29, 1.82) is 0 Å². The molecule has 0 spiro atoms. The maximum absolute atomic E-state index is 11.2. The van der Waals surface area contributed by atoms with Crippen LogP contribution in [0.3, 0.4) is 0 Å². The van der Waals surface area contributed by atoms with E-state index in [9.17, 15) is 8.42 Å². The zero-order chi connectivity index (χ0) is 42.2. The molecule has 7 aromatic rings. The van der Waals surface area contributed by atoms with Gasteiger partial charge in [-0.1, -0.05) is 156 Å². The van der Waals surface area contributed by atoms with Crippen molar-refractivity contribution in [3.05, 3.63) is 193 Å². The Kier molecular flexibility index (Phi) is 36.6. The molecule has 0 saturated heterocycles. The summed E-state index contributed by atoms with van der Waals surface area (Å²) in [5, 5.41) is 11.8. The molecule has 312 valence electrons. The second kappa shape index (κ2) is 36.0. The minimum atomic E-state index is -4.19. The van der Waals surface area contributed by atoms with E-state index < -0.39 is 10.1 Å². The van der Waals surface area contributed by atoms with Crippen LogP contribution in [0.2, 0.25) is 0 Å². The molecule has 0 amide bonds. The average Bonchev–Trinajstić information content (AvgIpc) is 3.31. The second-order valence-corrected chi connectivity index (χ2v) is 13.7. The maximum Gasteiger partial charge on any atom is 0.294 e. The van der Waals surface area contributed by atoms with Crippen LogP contribution in [0.1, 0.15) is 52.7 Å². The third kappa shape index (κ3) is 21.4. The predicted octanol–water partition coefficient (Wildman–Crippen LogP) is 14.6. The van der Waals surface area contributed by atoms with Crippen LogP contribution < -0.4 is 0 Å². The molecule has 0 aliphatic heterocycles. The van der Waals surface area contributed by atoms with Crippen LogP contribution in [0.4, 0.5) is 0 Å². The molecule has 7 rings (SSSR count). The van der Waals surface area contributed by atoms with E-state index >= 15 is 0 Å². The fourth-order valence-corrected chi connectivity index (χ4v) is 6.19. The van der Waals surface area contributed by atoms with E-state index in [1.807, 2.05) is 139 Å². The van der Waals surface area contributed by atoms with Gasteiger partial charge in [0.05, 0.1) is 16.9 Å². The van der Waals surface area contributed by atoms with Gasteiger partial charge in [-0.15, -0.1) is 15.5 Å². The summed E-state index contributed by atoms with van der Waals surface area (Å²) in [7, 11) is -4.19. The average molecular weight is 1170 g/mol. The second-order valence-electron chi connectivity index (χ2n) is 11.5. The number of hydrogen-bond acceptors (Lipinski definition) is 6. The van der Waals surface area contributed by atoms with E-state index in [1.165, 1.54) is 34.4 Å². The summed E-state index contributed by atoms with van der Waals surface area (Å²) in [6.45, 7) is 12.0. The molecule has 0 unspecified atom stereocenters. The summed E-state index contributed by atoms with van der Waals surface area (Å²) >= 11 is 0.920. The molecule has 62 heavy (non-hydrogen) atoms. The Bertz CT molecular complexity index is 2250. The van der Waals surface area contributed by atoms with Crippen molar-refractivity contribution in [3.63, 3.8) is 0 Å². The molecule has 0 aliphatic carbocycles. The molecule has 0 saturated carbocycles. The molecule has 0 fully saturated rings. The molecule has 4 radical (unpaired) electrons. The van der Waals surface area contributed by atoms with Crippen molar-refractivity contribution in [3.8, 4) is 44.5 Å². The minimum Gasteiger partial charge on any atom is -0.282 e. The zero-order valence-electron chi connectivity index (χ0n) is 36.0. The van der Waals surface area contributed by atoms with E-state index in [1.54, 1.807) is 12.1 Å². The van der Waals surface area contributed by atoms with E-state index in [0.29, 0.717) is 0 Å². The summed E-state index contributed by atoms with van der Waals surface area (Å²) in [5.74, 6) is 0. The number of rotatable bonds is 10. The fraction of sp³-hybridized carbons (Fsp3) is 0.120. The zero-order valence-corrected chi connectivity index (χ0v) is 49.0. The summed E-state index contributed by atoms with van der Waals surface area (Å²) in [6, 6.07) is 60.6. The van der Waals surface area contributed by atoms with Gasteiger partial charge in [-0.05, 0) is 68.8 Å². The van der Waals surface area contributed by atoms with Crippen LogP contribution in [0.25, 0.3) is 56.7 Å². The van der Waals surface area contributed by atoms with E-state index in [4.69, 9.17) is 9.81 Å². The van der Waals surface area contributed by atoms with Crippen LogP contribution in [-0.4, -0.2) is 18.2 Å². The van der Waals surface area contributed by atoms with Gasteiger partial charge in [-0.25, -0.2) is 5.26 Å². The smallest absolute Gasteiger partial charge is 0.282 e. The van der Waals surface area contributed by atoms with Gasteiger partial charge in [-0.2, -0.15) is 69.1 Å². The molecule has 7 aromatic carbocycles. The molecule has 6 nitrogen and oxygen atoms in total. The first kappa shape index (κ1) is 62.9. The molecule has 0 atom stereocenters. The van der Waals surface area contributed by atoms with Crippen molar-refractivity contribution >= 4 is 34.3 Å². The number of benzene rings is 7. The number of hydrogen-bond donors (Lipinski definition) is 2. The van der Waals surface area contributed by atoms with Crippen molar-refractivity contribution in [2.24, 2.45) is 0 Å². The Labute approximate surface area is 474 Å². The summed E-state index contributed by atoms with van der Waals surface area (Å²) in [6.07, 6.45) is 4.06. The van der Waals surface area contributed by atoms with Crippen LogP contribution in [-0.2, 0) is 150 Å². The van der Waals surface area contributed by atoms with Crippen molar-refractivity contribution in [2.75, 3.05) is 0 Å². The molecular formula is C50H50O6S2Y4-2. The quantitative estimate of drug-likeness (QED) is 0.0352. The molecular weight excluding hydrogens is 1120 g/mol. The van der Waals surface area contributed by atoms with Crippen LogP contribution in [0, 0.1) is 12.1 Å². The van der Waals surface area contributed by atoms with Crippen molar-refractivity contribution in [2.45, 2.75) is 51.3 Å². The third-order valence-electron chi connectivity index (χ3n) is 8.11. The monoisotopic (exact) mass is 1170 g/mol. The van der Waals surface area contributed by atoms with Gasteiger partial charge in [0, 0.05) is 136 Å². The van der Waals surface area contributed by atoms with Crippen molar-refractivity contribution in [1.82, 2.24) is 0 Å². The first-order valence-corrected chi connectivity index (χ1v) is 21.3. The maximum atomic E-state index is 11.2. The molecule has 0 aliphatic rings. The van der Waals surface area contributed by atoms with Crippen LogP contribution >= 0.6 is 12.0 Å². The summed E-state index contributed by atoms with van der Waals surface area (Å²) in [4.78, 5) is 0.680. The predicted molar refractivity (Wildman–Crippen MR) is 242 cm³/mol. The molecule has 0 aromatic heterocycles. The van der Waals surface area contributed by atoms with Crippen molar-refractivity contribution < 1.29 is 158 Å². The van der Waals surface area contributed by atoms with Gasteiger partial charge >= 0.3 is 0 Å². The molecule has 0 heterocycles. The summed E-state index contributed by atoms with van der Waals surface area (Å²) in [5.41, 5.74) is 11.0. The van der Waals surface area contributed by atoms with E-state index in [-0.39, 0.29) is 136 Å².